The van der Waals surface area contributed by atoms with E-state index in [1.807, 2.05) is 24.3 Å². The first-order chi connectivity index (χ1) is 9.20. The zero-order chi connectivity index (χ0) is 13.7. The van der Waals surface area contributed by atoms with Crippen molar-refractivity contribution in [1.82, 2.24) is 20.7 Å². The summed E-state index contributed by atoms with van der Waals surface area (Å²) >= 11 is 0. The summed E-state index contributed by atoms with van der Waals surface area (Å²) in [6.07, 6.45) is 0.736. The first-order valence-electron chi connectivity index (χ1n) is 5.99. The fraction of sp³-hybridized carbons (Fsp3) is 0.308. The molecule has 0 atom stereocenters. The summed E-state index contributed by atoms with van der Waals surface area (Å²) in [5.41, 5.74) is 2.04. The summed E-state index contributed by atoms with van der Waals surface area (Å²) in [5.74, 6) is 0.602. The molecule has 0 bridgehead atoms. The lowest BCUT2D eigenvalue weighted by Crippen LogP contribution is -2.26. The lowest BCUT2D eigenvalue weighted by Gasteiger charge is -2.05. The topological polar surface area (TPSA) is 79.9 Å². The van der Waals surface area contributed by atoms with Crippen LogP contribution in [0.5, 0.6) is 5.75 Å². The van der Waals surface area contributed by atoms with Gasteiger partial charge in [-0.3, -0.25) is 4.79 Å². The van der Waals surface area contributed by atoms with Gasteiger partial charge in [0.05, 0.1) is 12.8 Å². The van der Waals surface area contributed by atoms with Crippen molar-refractivity contribution < 1.29 is 9.53 Å². The molecule has 2 rings (SSSR count). The number of benzene rings is 1. The number of H-pyrrole nitrogens is 1. The number of carbonyl (C=O) groups is 1. The minimum absolute atomic E-state index is 0.214. The minimum Gasteiger partial charge on any atom is -0.497 e. The highest BCUT2D eigenvalue weighted by Crippen LogP contribution is 2.12. The molecule has 1 amide bonds. The molecule has 2 N–H and O–H groups in total. The Morgan fingerprint density at radius 2 is 2.26 bits per heavy atom. The fourth-order valence-electron chi connectivity index (χ4n) is 1.73. The van der Waals surface area contributed by atoms with Crippen molar-refractivity contribution in [1.29, 1.82) is 0 Å². The molecule has 1 heterocycles. The molecule has 1 aromatic carbocycles. The molecule has 2 aromatic rings. The van der Waals surface area contributed by atoms with E-state index in [0.29, 0.717) is 17.9 Å². The van der Waals surface area contributed by atoms with Gasteiger partial charge in [-0.25, -0.2) is 0 Å². The SMILES string of the molecule is COc1cccc(CCNC(=O)c2n[nH]nc2C)c1. The van der Waals surface area contributed by atoms with Gasteiger partial charge in [-0.2, -0.15) is 15.4 Å². The van der Waals surface area contributed by atoms with Crippen LogP contribution in [0.1, 0.15) is 21.7 Å². The average molecular weight is 260 g/mol. The second-order valence-corrected chi connectivity index (χ2v) is 4.12. The fourth-order valence-corrected chi connectivity index (χ4v) is 1.73. The number of aryl methyl sites for hydroxylation is 1. The molecule has 0 aliphatic carbocycles. The monoisotopic (exact) mass is 260 g/mol. The van der Waals surface area contributed by atoms with Gasteiger partial charge < -0.3 is 10.1 Å². The molecule has 6 heteroatoms. The molecule has 0 saturated heterocycles. The zero-order valence-corrected chi connectivity index (χ0v) is 10.9. The third-order valence-electron chi connectivity index (χ3n) is 2.77. The maximum atomic E-state index is 11.8. The number of rotatable bonds is 5. The summed E-state index contributed by atoms with van der Waals surface area (Å²) < 4.78 is 5.15. The summed E-state index contributed by atoms with van der Waals surface area (Å²) in [6, 6.07) is 7.77. The summed E-state index contributed by atoms with van der Waals surface area (Å²) in [4.78, 5) is 11.8. The van der Waals surface area contributed by atoms with Crippen molar-refractivity contribution >= 4 is 5.91 Å². The molecular formula is C13H16N4O2. The second-order valence-electron chi connectivity index (χ2n) is 4.12. The maximum Gasteiger partial charge on any atom is 0.273 e. The van der Waals surface area contributed by atoms with Crippen LogP contribution in [0.25, 0.3) is 0 Å². The normalized spacial score (nSPS) is 10.2. The quantitative estimate of drug-likeness (QED) is 0.843. The predicted molar refractivity (Wildman–Crippen MR) is 70.2 cm³/mol. The van der Waals surface area contributed by atoms with Crippen LogP contribution < -0.4 is 10.1 Å². The van der Waals surface area contributed by atoms with E-state index in [2.05, 4.69) is 20.7 Å². The van der Waals surface area contributed by atoms with Crippen molar-refractivity contribution in [2.75, 3.05) is 13.7 Å². The Labute approximate surface area is 111 Å². The van der Waals surface area contributed by atoms with E-state index in [0.717, 1.165) is 17.7 Å². The Morgan fingerprint density at radius 3 is 2.95 bits per heavy atom. The van der Waals surface area contributed by atoms with E-state index < -0.39 is 0 Å². The minimum atomic E-state index is -0.214. The van der Waals surface area contributed by atoms with E-state index in [4.69, 9.17) is 4.74 Å². The molecule has 6 nitrogen and oxygen atoms in total. The van der Waals surface area contributed by atoms with Crippen molar-refractivity contribution in [2.24, 2.45) is 0 Å². The van der Waals surface area contributed by atoms with E-state index >= 15 is 0 Å². The lowest BCUT2D eigenvalue weighted by atomic mass is 10.1. The highest BCUT2D eigenvalue weighted by molar-refractivity contribution is 5.93. The van der Waals surface area contributed by atoms with E-state index in [-0.39, 0.29) is 5.91 Å². The third kappa shape index (κ3) is 3.31. The van der Waals surface area contributed by atoms with Crippen LogP contribution in [0.4, 0.5) is 0 Å². The molecule has 1 aromatic heterocycles. The Morgan fingerprint density at radius 1 is 1.42 bits per heavy atom. The molecule has 0 spiro atoms. The Bertz CT molecular complexity index is 565. The van der Waals surface area contributed by atoms with Gasteiger partial charge in [0.25, 0.3) is 5.91 Å². The number of aromatic nitrogens is 3. The maximum absolute atomic E-state index is 11.8. The van der Waals surface area contributed by atoms with Gasteiger partial charge in [0.1, 0.15) is 5.75 Å². The number of nitrogens with one attached hydrogen (secondary N) is 2. The highest BCUT2D eigenvalue weighted by atomic mass is 16.5. The van der Waals surface area contributed by atoms with Gasteiger partial charge in [-0.1, -0.05) is 12.1 Å². The number of ether oxygens (including phenoxy) is 1. The summed E-state index contributed by atoms with van der Waals surface area (Å²) in [6.45, 7) is 2.28. The van der Waals surface area contributed by atoms with Gasteiger partial charge in [0.2, 0.25) is 0 Å². The molecule has 0 saturated carbocycles. The number of amides is 1. The lowest BCUT2D eigenvalue weighted by molar-refractivity contribution is 0.0948. The van der Waals surface area contributed by atoms with E-state index in [1.54, 1.807) is 14.0 Å². The standard InChI is InChI=1S/C13H16N4O2/c1-9-12(16-17-15-9)13(18)14-7-6-10-4-3-5-11(8-10)19-2/h3-5,8H,6-7H2,1-2H3,(H,14,18)(H,15,16,17). The highest BCUT2D eigenvalue weighted by Gasteiger charge is 2.12. The van der Waals surface area contributed by atoms with Gasteiger partial charge in [-0.05, 0) is 31.0 Å². The largest absolute Gasteiger partial charge is 0.497 e. The molecule has 0 fully saturated rings. The first kappa shape index (κ1) is 13.1. The molecule has 0 radical (unpaired) electrons. The smallest absolute Gasteiger partial charge is 0.273 e. The number of methoxy groups -OCH3 is 1. The van der Waals surface area contributed by atoms with Crippen molar-refractivity contribution in [3.8, 4) is 5.75 Å². The molecule has 0 aliphatic rings. The number of hydrogen-bond donors (Lipinski definition) is 2. The van der Waals surface area contributed by atoms with Crippen LogP contribution in [0, 0.1) is 6.92 Å². The average Bonchev–Trinajstić information content (AvgIpc) is 2.85. The zero-order valence-electron chi connectivity index (χ0n) is 10.9. The third-order valence-corrected chi connectivity index (χ3v) is 2.77. The van der Waals surface area contributed by atoms with Crippen LogP contribution in [-0.4, -0.2) is 35.0 Å². The predicted octanol–water partition coefficient (Wildman–Crippen LogP) is 1.09. The van der Waals surface area contributed by atoms with Crippen molar-refractivity contribution in [3.05, 3.63) is 41.2 Å². The summed E-state index contributed by atoms with van der Waals surface area (Å²) in [5, 5.41) is 12.8. The van der Waals surface area contributed by atoms with Crippen molar-refractivity contribution in [3.63, 3.8) is 0 Å². The van der Waals surface area contributed by atoms with Crippen LogP contribution >= 0.6 is 0 Å². The van der Waals surface area contributed by atoms with Crippen LogP contribution in [0.3, 0.4) is 0 Å². The molecule has 19 heavy (non-hydrogen) atoms. The molecule has 100 valence electrons. The van der Waals surface area contributed by atoms with E-state index in [9.17, 15) is 4.79 Å². The Kier molecular flexibility index (Phi) is 4.12. The molecular weight excluding hydrogens is 244 g/mol. The number of aromatic amines is 1. The Hall–Kier alpha value is -2.37. The van der Waals surface area contributed by atoms with Crippen LogP contribution in [0.15, 0.2) is 24.3 Å². The Balaban J connectivity index is 1.86. The number of carbonyl (C=O) groups excluding carboxylic acids is 1. The van der Waals surface area contributed by atoms with Gasteiger partial charge in [0, 0.05) is 6.54 Å². The molecule has 0 aliphatic heterocycles. The first-order valence-corrected chi connectivity index (χ1v) is 5.99. The summed E-state index contributed by atoms with van der Waals surface area (Å²) in [7, 11) is 1.63. The van der Waals surface area contributed by atoms with Gasteiger partial charge >= 0.3 is 0 Å². The second kappa shape index (κ2) is 5.99. The number of hydrogen-bond acceptors (Lipinski definition) is 4. The molecule has 0 unspecified atom stereocenters. The van der Waals surface area contributed by atoms with Gasteiger partial charge in [-0.15, -0.1) is 0 Å². The van der Waals surface area contributed by atoms with Gasteiger partial charge in [0.15, 0.2) is 5.69 Å². The van der Waals surface area contributed by atoms with Crippen molar-refractivity contribution in [2.45, 2.75) is 13.3 Å². The van der Waals surface area contributed by atoms with Crippen LogP contribution in [-0.2, 0) is 6.42 Å². The van der Waals surface area contributed by atoms with E-state index in [1.165, 1.54) is 0 Å². The number of nitrogens with zero attached hydrogens (tertiary/aromatic N) is 2. The van der Waals surface area contributed by atoms with Crippen LogP contribution in [0.2, 0.25) is 0 Å².